The molecule has 6 nitrogen and oxygen atoms in total. The second-order valence-corrected chi connectivity index (χ2v) is 13.1. The number of aryl methyl sites for hydroxylation is 2. The lowest BCUT2D eigenvalue weighted by molar-refractivity contribution is 0.402. The Kier molecular flexibility index (Phi) is 5.32. The Bertz CT molecular complexity index is 1180. The van der Waals surface area contributed by atoms with Gasteiger partial charge >= 0.3 is 0 Å². The number of benzene rings is 2. The van der Waals surface area contributed by atoms with Gasteiger partial charge in [0.2, 0.25) is 20.0 Å². The molecule has 1 aliphatic carbocycles. The molecule has 0 saturated carbocycles. The van der Waals surface area contributed by atoms with Gasteiger partial charge < -0.3 is 0 Å². The number of nitrogens with zero attached hydrogens (tertiary/aromatic N) is 2. The first kappa shape index (κ1) is 21.8. The van der Waals surface area contributed by atoms with E-state index in [-0.39, 0.29) is 11.8 Å². The third kappa shape index (κ3) is 3.63. The third-order valence-corrected chi connectivity index (χ3v) is 10.8. The van der Waals surface area contributed by atoms with E-state index in [2.05, 4.69) is 0 Å². The maximum atomic E-state index is 13.2. The molecule has 2 aromatic rings. The van der Waals surface area contributed by atoms with E-state index in [0.717, 1.165) is 35.1 Å². The fraction of sp³-hybridized carbons (Fsp3) is 0.417. The summed E-state index contributed by atoms with van der Waals surface area (Å²) in [6.07, 6.45) is 1.81. The lowest BCUT2D eigenvalue weighted by Gasteiger charge is -2.24. The van der Waals surface area contributed by atoms with Crippen LogP contribution in [0.5, 0.6) is 0 Å². The zero-order chi connectivity index (χ0) is 22.7. The molecular weight excluding hydrogens is 444 g/mol. The molecule has 2 aromatic carbocycles. The van der Waals surface area contributed by atoms with Crippen molar-refractivity contribution in [1.82, 2.24) is 8.61 Å². The van der Waals surface area contributed by atoms with Gasteiger partial charge in [-0.15, -0.1) is 0 Å². The summed E-state index contributed by atoms with van der Waals surface area (Å²) in [6.45, 7) is 5.56. The van der Waals surface area contributed by atoms with Crippen LogP contribution in [0.15, 0.2) is 69.5 Å². The van der Waals surface area contributed by atoms with Gasteiger partial charge in [0.25, 0.3) is 0 Å². The van der Waals surface area contributed by atoms with Crippen molar-refractivity contribution in [3.63, 3.8) is 0 Å². The summed E-state index contributed by atoms with van der Waals surface area (Å²) < 4.78 is 56.0. The normalized spacial score (nSPS) is 24.6. The van der Waals surface area contributed by atoms with Crippen LogP contribution in [0.4, 0.5) is 0 Å². The highest BCUT2D eigenvalue weighted by atomic mass is 32.2. The molecule has 32 heavy (non-hydrogen) atoms. The number of rotatable bonds is 4. The van der Waals surface area contributed by atoms with Crippen LogP contribution < -0.4 is 0 Å². The summed E-state index contributed by atoms with van der Waals surface area (Å²) in [4.78, 5) is 0.637. The van der Waals surface area contributed by atoms with E-state index < -0.39 is 20.0 Å². The van der Waals surface area contributed by atoms with Crippen LogP contribution in [-0.2, 0) is 20.0 Å². The number of fused-ring (bicyclic) bond motifs is 2. The maximum Gasteiger partial charge on any atom is 0.243 e. The summed E-state index contributed by atoms with van der Waals surface area (Å²) in [5.74, 6) is 0.368. The smallest absolute Gasteiger partial charge is 0.207 e. The zero-order valence-electron chi connectivity index (χ0n) is 18.4. The molecule has 170 valence electrons. The van der Waals surface area contributed by atoms with E-state index in [4.69, 9.17) is 0 Å². The van der Waals surface area contributed by atoms with Crippen LogP contribution in [0, 0.1) is 25.7 Å². The Labute approximate surface area is 190 Å². The SMILES string of the molecule is Cc1ccc(S(=O)(=O)N2CC3=C4CN(S(=O)(=O)c5ccc(C)cc5)C[C@@H]4CC[C@H]3C2)cc1. The molecule has 2 saturated heterocycles. The Balaban J connectivity index is 1.42. The summed E-state index contributed by atoms with van der Waals surface area (Å²) in [5, 5.41) is 0. The van der Waals surface area contributed by atoms with E-state index in [0.29, 0.717) is 36.0 Å². The molecule has 0 bridgehead atoms. The number of sulfonamides is 2. The summed E-state index contributed by atoms with van der Waals surface area (Å²) in [5.41, 5.74) is 4.32. The highest BCUT2D eigenvalue weighted by Gasteiger charge is 2.45. The average molecular weight is 473 g/mol. The monoisotopic (exact) mass is 472 g/mol. The second kappa shape index (κ2) is 7.80. The van der Waals surface area contributed by atoms with Crippen molar-refractivity contribution in [1.29, 1.82) is 0 Å². The second-order valence-electron chi connectivity index (χ2n) is 9.24. The highest BCUT2D eigenvalue weighted by Crippen LogP contribution is 2.44. The minimum Gasteiger partial charge on any atom is -0.207 e. The molecular formula is C24H28N2O4S2. The summed E-state index contributed by atoms with van der Waals surface area (Å²) in [7, 11) is -7.13. The van der Waals surface area contributed by atoms with Gasteiger partial charge in [-0.3, -0.25) is 0 Å². The van der Waals surface area contributed by atoms with Gasteiger partial charge in [-0.2, -0.15) is 8.61 Å². The Morgan fingerprint density at radius 3 is 1.31 bits per heavy atom. The van der Waals surface area contributed by atoms with Gasteiger partial charge in [0.05, 0.1) is 9.79 Å². The molecule has 0 N–H and O–H groups in total. The highest BCUT2D eigenvalue weighted by molar-refractivity contribution is 7.89. The van der Waals surface area contributed by atoms with E-state index in [1.807, 2.05) is 38.1 Å². The van der Waals surface area contributed by atoms with Crippen molar-refractivity contribution < 1.29 is 16.8 Å². The Morgan fingerprint density at radius 1 is 0.625 bits per heavy atom. The van der Waals surface area contributed by atoms with Crippen molar-refractivity contribution in [2.45, 2.75) is 36.5 Å². The van der Waals surface area contributed by atoms with E-state index in [9.17, 15) is 16.8 Å². The van der Waals surface area contributed by atoms with Crippen LogP contribution in [0.25, 0.3) is 0 Å². The van der Waals surface area contributed by atoms with Crippen LogP contribution >= 0.6 is 0 Å². The molecule has 2 fully saturated rings. The van der Waals surface area contributed by atoms with Gasteiger partial charge in [0, 0.05) is 26.2 Å². The Hall–Kier alpha value is -2.00. The molecule has 0 unspecified atom stereocenters. The molecule has 0 aromatic heterocycles. The van der Waals surface area contributed by atoms with Crippen molar-refractivity contribution in [3.8, 4) is 0 Å². The number of hydrogen-bond acceptors (Lipinski definition) is 4. The van der Waals surface area contributed by atoms with Gasteiger partial charge in [0.15, 0.2) is 0 Å². The van der Waals surface area contributed by atoms with E-state index >= 15 is 0 Å². The van der Waals surface area contributed by atoms with Gasteiger partial charge in [-0.05, 0) is 73.9 Å². The summed E-state index contributed by atoms with van der Waals surface area (Å²) >= 11 is 0. The molecule has 0 amide bonds. The van der Waals surface area contributed by atoms with Crippen LogP contribution in [-0.4, -0.2) is 51.6 Å². The third-order valence-electron chi connectivity index (χ3n) is 7.12. The predicted molar refractivity (Wildman–Crippen MR) is 123 cm³/mol. The topological polar surface area (TPSA) is 74.8 Å². The molecule has 0 spiro atoms. The molecule has 0 radical (unpaired) electrons. The predicted octanol–water partition coefficient (Wildman–Crippen LogP) is 3.34. The molecule has 2 atom stereocenters. The molecule has 2 aliphatic heterocycles. The quantitative estimate of drug-likeness (QED) is 0.640. The lowest BCUT2D eigenvalue weighted by atomic mass is 9.80. The van der Waals surface area contributed by atoms with Gasteiger partial charge in [-0.25, -0.2) is 16.8 Å². The molecule has 5 rings (SSSR count). The standard InChI is InChI=1S/C24H28N2O4S2/c1-17-3-9-21(10-4-17)31(27,28)25-13-19-7-8-20-14-26(16-24(20)23(19)15-25)32(29,30)22-11-5-18(2)6-12-22/h3-6,9-12,19-20H,7-8,13-16H2,1-2H3/t19-,20-/m0/s1. The average Bonchev–Trinajstić information content (AvgIpc) is 3.39. The van der Waals surface area contributed by atoms with E-state index in [1.165, 1.54) is 0 Å². The summed E-state index contributed by atoms with van der Waals surface area (Å²) in [6, 6.07) is 13.9. The lowest BCUT2D eigenvalue weighted by Crippen LogP contribution is -2.29. The van der Waals surface area contributed by atoms with Crippen LogP contribution in [0.1, 0.15) is 24.0 Å². The van der Waals surface area contributed by atoms with Crippen molar-refractivity contribution in [3.05, 3.63) is 70.8 Å². The zero-order valence-corrected chi connectivity index (χ0v) is 20.0. The van der Waals surface area contributed by atoms with Crippen molar-refractivity contribution in [2.75, 3.05) is 26.2 Å². The first-order valence-corrected chi connectivity index (χ1v) is 13.9. The van der Waals surface area contributed by atoms with Crippen molar-refractivity contribution >= 4 is 20.0 Å². The van der Waals surface area contributed by atoms with E-state index in [1.54, 1.807) is 32.9 Å². The fourth-order valence-electron chi connectivity index (χ4n) is 5.22. The maximum absolute atomic E-state index is 13.2. The molecule has 8 heteroatoms. The first-order valence-electron chi connectivity index (χ1n) is 11.0. The minimum absolute atomic E-state index is 0.184. The van der Waals surface area contributed by atoms with Gasteiger partial charge in [0.1, 0.15) is 0 Å². The number of hydrogen-bond donors (Lipinski definition) is 0. The molecule has 3 aliphatic rings. The Morgan fingerprint density at radius 2 is 0.969 bits per heavy atom. The fourth-order valence-corrected chi connectivity index (χ4v) is 8.15. The first-order chi connectivity index (χ1) is 15.2. The largest absolute Gasteiger partial charge is 0.243 e. The van der Waals surface area contributed by atoms with Crippen molar-refractivity contribution in [2.24, 2.45) is 11.8 Å². The molecule has 2 heterocycles. The van der Waals surface area contributed by atoms with Gasteiger partial charge in [-0.1, -0.05) is 35.4 Å². The van der Waals surface area contributed by atoms with Crippen LogP contribution in [0.3, 0.4) is 0 Å². The minimum atomic E-state index is -3.56. The van der Waals surface area contributed by atoms with Crippen LogP contribution in [0.2, 0.25) is 0 Å².